The van der Waals surface area contributed by atoms with Crippen LogP contribution < -0.4 is 10.0 Å². The van der Waals surface area contributed by atoms with E-state index in [1.807, 2.05) is 58.0 Å². The molecule has 0 saturated heterocycles. The van der Waals surface area contributed by atoms with Crippen LogP contribution in [0.15, 0.2) is 46.8 Å². The van der Waals surface area contributed by atoms with Gasteiger partial charge < -0.3 is 0 Å². The topological polar surface area (TPSA) is 101 Å². The van der Waals surface area contributed by atoms with Crippen LogP contribution >= 0.6 is 11.3 Å². The van der Waals surface area contributed by atoms with E-state index in [1.165, 1.54) is 0 Å². The molecule has 3 rings (SSSR count). The largest absolute Gasteiger partial charge is 0.296 e. The monoisotopic (exact) mass is 444 g/mol. The number of amides is 1. The molecule has 0 aliphatic rings. The van der Waals surface area contributed by atoms with Crippen molar-refractivity contribution in [2.24, 2.45) is 0 Å². The molecule has 2 N–H and O–H groups in total. The van der Waals surface area contributed by atoms with Crippen molar-refractivity contribution in [2.75, 3.05) is 5.32 Å². The smallest absolute Gasteiger partial charge is 0.270 e. The van der Waals surface area contributed by atoms with E-state index in [1.54, 1.807) is 12.1 Å². The number of carbonyl (C=O) groups is 1. The molecule has 0 saturated carbocycles. The molecule has 1 aromatic heterocycles. The van der Waals surface area contributed by atoms with E-state index in [9.17, 15) is 13.2 Å². The zero-order valence-corrected chi connectivity index (χ0v) is 18.9. The fourth-order valence-electron chi connectivity index (χ4n) is 3.06. The summed E-state index contributed by atoms with van der Waals surface area (Å²) in [5, 5.41) is 10.3. The third-order valence-electron chi connectivity index (χ3n) is 4.68. The molecule has 2 aromatic carbocycles. The molecular formula is C21H24N4O3S2. The van der Waals surface area contributed by atoms with Gasteiger partial charge in [0.1, 0.15) is 0 Å². The summed E-state index contributed by atoms with van der Waals surface area (Å²) in [5.74, 6) is -0.371. The Morgan fingerprint density at radius 2 is 1.70 bits per heavy atom. The van der Waals surface area contributed by atoms with Crippen molar-refractivity contribution in [3.05, 3.63) is 70.3 Å². The zero-order valence-electron chi connectivity index (χ0n) is 17.3. The fourth-order valence-corrected chi connectivity index (χ4v) is 5.27. The SMILES string of the molecule is CC[C@@H](NS(=O)(=O)c1nnc(NC(=O)c2ccc(C)cc2)s1)c1ccc(C)cc1C. The molecular weight excluding hydrogens is 420 g/mol. The van der Waals surface area contributed by atoms with Crippen LogP contribution in [0.25, 0.3) is 0 Å². The Balaban J connectivity index is 1.75. The summed E-state index contributed by atoms with van der Waals surface area (Å²) in [4.78, 5) is 12.3. The van der Waals surface area contributed by atoms with E-state index in [0.717, 1.165) is 33.6 Å². The highest BCUT2D eigenvalue weighted by molar-refractivity contribution is 7.91. The van der Waals surface area contributed by atoms with E-state index in [-0.39, 0.29) is 21.4 Å². The predicted molar refractivity (Wildman–Crippen MR) is 118 cm³/mol. The number of nitrogens with zero attached hydrogens (tertiary/aromatic N) is 2. The van der Waals surface area contributed by atoms with Crippen molar-refractivity contribution in [1.29, 1.82) is 0 Å². The maximum Gasteiger partial charge on any atom is 0.270 e. The number of anilines is 1. The molecule has 1 atom stereocenters. The molecule has 1 heterocycles. The highest BCUT2D eigenvalue weighted by Gasteiger charge is 2.25. The quantitative estimate of drug-likeness (QED) is 0.533. The average Bonchev–Trinajstić information content (AvgIpc) is 3.16. The van der Waals surface area contributed by atoms with Crippen molar-refractivity contribution in [3.63, 3.8) is 0 Å². The summed E-state index contributed by atoms with van der Waals surface area (Å²) in [6.45, 7) is 7.80. The second kappa shape index (κ2) is 9.03. The molecule has 3 aromatic rings. The van der Waals surface area contributed by atoms with Gasteiger partial charge in [-0.3, -0.25) is 10.1 Å². The lowest BCUT2D eigenvalue weighted by Crippen LogP contribution is -2.28. The minimum absolute atomic E-state index is 0.125. The Kier molecular flexibility index (Phi) is 6.64. The number of hydrogen-bond acceptors (Lipinski definition) is 6. The van der Waals surface area contributed by atoms with Crippen LogP contribution in [0.5, 0.6) is 0 Å². The number of benzene rings is 2. The van der Waals surface area contributed by atoms with Crippen LogP contribution in [-0.2, 0) is 10.0 Å². The van der Waals surface area contributed by atoms with Crippen LogP contribution in [0, 0.1) is 20.8 Å². The number of sulfonamides is 1. The van der Waals surface area contributed by atoms with E-state index in [0.29, 0.717) is 12.0 Å². The van der Waals surface area contributed by atoms with Gasteiger partial charge in [-0.05, 0) is 50.5 Å². The molecule has 0 unspecified atom stereocenters. The highest BCUT2D eigenvalue weighted by atomic mass is 32.2. The van der Waals surface area contributed by atoms with Gasteiger partial charge in [0.15, 0.2) is 0 Å². The van der Waals surface area contributed by atoms with Crippen molar-refractivity contribution in [2.45, 2.75) is 44.5 Å². The number of aromatic nitrogens is 2. The highest BCUT2D eigenvalue weighted by Crippen LogP contribution is 2.26. The van der Waals surface area contributed by atoms with E-state index < -0.39 is 10.0 Å². The van der Waals surface area contributed by atoms with Crippen LogP contribution in [0.1, 0.15) is 52.0 Å². The Bertz CT molecular complexity index is 1160. The Labute approximate surface area is 180 Å². The molecule has 0 aliphatic heterocycles. The van der Waals surface area contributed by atoms with Gasteiger partial charge in [-0.25, -0.2) is 13.1 Å². The maximum absolute atomic E-state index is 12.8. The molecule has 1 amide bonds. The predicted octanol–water partition coefficient (Wildman–Crippen LogP) is 4.15. The second-order valence-electron chi connectivity index (χ2n) is 7.14. The normalized spacial score (nSPS) is 12.5. The summed E-state index contributed by atoms with van der Waals surface area (Å²) in [7, 11) is -3.89. The molecule has 0 radical (unpaired) electrons. The summed E-state index contributed by atoms with van der Waals surface area (Å²) >= 11 is 0.816. The molecule has 30 heavy (non-hydrogen) atoms. The summed E-state index contributed by atoms with van der Waals surface area (Å²) in [6.07, 6.45) is 0.582. The second-order valence-corrected chi connectivity index (χ2v) is 10.0. The average molecular weight is 445 g/mol. The number of carbonyl (C=O) groups excluding carboxylic acids is 1. The lowest BCUT2D eigenvalue weighted by Gasteiger charge is -2.19. The summed E-state index contributed by atoms with van der Waals surface area (Å²) in [6, 6.07) is 12.6. The van der Waals surface area contributed by atoms with Gasteiger partial charge in [0.05, 0.1) is 0 Å². The lowest BCUT2D eigenvalue weighted by atomic mass is 9.98. The molecule has 0 bridgehead atoms. The minimum Gasteiger partial charge on any atom is -0.296 e. The maximum atomic E-state index is 12.8. The van der Waals surface area contributed by atoms with Gasteiger partial charge in [0.2, 0.25) is 9.47 Å². The van der Waals surface area contributed by atoms with Crippen molar-refractivity contribution in [3.8, 4) is 0 Å². The first-order valence-electron chi connectivity index (χ1n) is 9.50. The van der Waals surface area contributed by atoms with Crippen LogP contribution in [0.2, 0.25) is 0 Å². The summed E-state index contributed by atoms with van der Waals surface area (Å²) < 4.78 is 28.2. The van der Waals surface area contributed by atoms with Gasteiger partial charge >= 0.3 is 0 Å². The number of hydrogen-bond donors (Lipinski definition) is 2. The first-order valence-corrected chi connectivity index (χ1v) is 11.8. The van der Waals surface area contributed by atoms with Gasteiger partial charge in [0, 0.05) is 11.6 Å². The van der Waals surface area contributed by atoms with Crippen molar-refractivity contribution in [1.82, 2.24) is 14.9 Å². The van der Waals surface area contributed by atoms with Crippen LogP contribution in [-0.4, -0.2) is 24.5 Å². The Morgan fingerprint density at radius 1 is 1.03 bits per heavy atom. The fraction of sp³-hybridized carbons (Fsp3) is 0.286. The number of nitrogens with one attached hydrogen (secondary N) is 2. The van der Waals surface area contributed by atoms with Crippen LogP contribution in [0.3, 0.4) is 0 Å². The van der Waals surface area contributed by atoms with Crippen LogP contribution in [0.4, 0.5) is 5.13 Å². The molecule has 158 valence electrons. The van der Waals surface area contributed by atoms with Gasteiger partial charge in [0.25, 0.3) is 15.9 Å². The zero-order chi connectivity index (χ0) is 21.9. The summed E-state index contributed by atoms with van der Waals surface area (Å²) in [5.41, 5.74) is 4.56. The molecule has 0 aliphatic carbocycles. The third kappa shape index (κ3) is 5.10. The first kappa shape index (κ1) is 22.1. The van der Waals surface area contributed by atoms with Gasteiger partial charge in [-0.15, -0.1) is 10.2 Å². The van der Waals surface area contributed by atoms with E-state index >= 15 is 0 Å². The molecule has 9 heteroatoms. The van der Waals surface area contributed by atoms with E-state index in [2.05, 4.69) is 20.2 Å². The number of rotatable bonds is 7. The lowest BCUT2D eigenvalue weighted by molar-refractivity contribution is 0.102. The Hall–Kier alpha value is -2.62. The van der Waals surface area contributed by atoms with Crippen molar-refractivity contribution >= 4 is 32.4 Å². The minimum atomic E-state index is -3.89. The van der Waals surface area contributed by atoms with Gasteiger partial charge in [-0.2, -0.15) is 0 Å². The molecule has 0 fully saturated rings. The van der Waals surface area contributed by atoms with Crippen molar-refractivity contribution < 1.29 is 13.2 Å². The number of aryl methyl sites for hydroxylation is 3. The standard InChI is InChI=1S/C21H24N4O3S2/c1-5-18(17-11-8-14(3)12-15(17)4)25-30(27,28)21-24-23-20(29-21)22-19(26)16-9-6-13(2)7-10-16/h6-12,18,25H,5H2,1-4H3,(H,22,23,26)/t18-/m1/s1. The van der Waals surface area contributed by atoms with Gasteiger partial charge in [-0.1, -0.05) is 59.7 Å². The molecule has 0 spiro atoms. The third-order valence-corrected chi connectivity index (χ3v) is 7.35. The van der Waals surface area contributed by atoms with E-state index in [4.69, 9.17) is 0 Å². The first-order chi connectivity index (χ1) is 14.2. The molecule has 7 nitrogen and oxygen atoms in total. The Morgan fingerprint density at radius 3 is 2.33 bits per heavy atom.